The van der Waals surface area contributed by atoms with Gasteiger partial charge in [-0.25, -0.2) is 9.18 Å². The Labute approximate surface area is 201 Å². The van der Waals surface area contributed by atoms with Crippen molar-refractivity contribution in [2.24, 2.45) is 23.7 Å². The van der Waals surface area contributed by atoms with E-state index in [1.165, 1.54) is 57.8 Å². The third-order valence-electron chi connectivity index (χ3n) is 9.36. The van der Waals surface area contributed by atoms with E-state index in [0.29, 0.717) is 5.92 Å². The average molecular weight is 457 g/mol. The van der Waals surface area contributed by atoms with E-state index in [1.54, 1.807) is 12.1 Å². The quantitative estimate of drug-likeness (QED) is 0.383. The van der Waals surface area contributed by atoms with Crippen molar-refractivity contribution in [3.05, 3.63) is 35.1 Å². The molecule has 1 aromatic rings. The molecule has 2 nitrogen and oxygen atoms in total. The van der Waals surface area contributed by atoms with Crippen LogP contribution >= 0.6 is 0 Å². The lowest BCUT2D eigenvalue weighted by Gasteiger charge is -2.37. The molecule has 0 aliphatic heterocycles. The minimum absolute atomic E-state index is 0.0476. The van der Waals surface area contributed by atoms with Gasteiger partial charge in [0.25, 0.3) is 0 Å². The van der Waals surface area contributed by atoms with Gasteiger partial charge in [-0.1, -0.05) is 52.0 Å². The van der Waals surface area contributed by atoms with Gasteiger partial charge in [-0.3, -0.25) is 0 Å². The van der Waals surface area contributed by atoms with Crippen molar-refractivity contribution < 1.29 is 13.9 Å². The zero-order chi connectivity index (χ0) is 23.2. The fraction of sp³-hybridized carbons (Fsp3) is 0.767. The van der Waals surface area contributed by atoms with E-state index in [1.807, 2.05) is 6.07 Å². The molecule has 0 heterocycles. The summed E-state index contributed by atoms with van der Waals surface area (Å²) in [6.07, 6.45) is 18.4. The fourth-order valence-electron chi connectivity index (χ4n) is 7.10. The van der Waals surface area contributed by atoms with E-state index in [-0.39, 0.29) is 11.7 Å². The second kappa shape index (κ2) is 11.8. The molecule has 184 valence electrons. The van der Waals surface area contributed by atoms with E-state index in [0.717, 1.165) is 67.8 Å². The van der Waals surface area contributed by atoms with Gasteiger partial charge in [0, 0.05) is 0 Å². The van der Waals surface area contributed by atoms with Crippen molar-refractivity contribution in [1.82, 2.24) is 0 Å². The predicted molar refractivity (Wildman–Crippen MR) is 133 cm³/mol. The van der Waals surface area contributed by atoms with Gasteiger partial charge in [0.15, 0.2) is 0 Å². The van der Waals surface area contributed by atoms with Gasteiger partial charge < -0.3 is 4.74 Å². The van der Waals surface area contributed by atoms with Gasteiger partial charge in [0.05, 0.1) is 5.56 Å². The molecular formula is C30H45FO2. The Morgan fingerprint density at radius 3 is 2.03 bits per heavy atom. The summed E-state index contributed by atoms with van der Waals surface area (Å²) < 4.78 is 20.6. The molecule has 0 radical (unpaired) electrons. The van der Waals surface area contributed by atoms with E-state index in [9.17, 15) is 9.18 Å². The highest BCUT2D eigenvalue weighted by molar-refractivity contribution is 5.89. The lowest BCUT2D eigenvalue weighted by Crippen LogP contribution is -2.30. The molecule has 3 aliphatic carbocycles. The Morgan fingerprint density at radius 2 is 1.45 bits per heavy atom. The normalized spacial score (nSPS) is 32.9. The number of hydrogen-bond acceptors (Lipinski definition) is 2. The smallest absolute Gasteiger partial charge is 0.341 e. The number of carbonyl (C=O) groups is 1. The molecular weight excluding hydrogens is 411 g/mol. The number of benzene rings is 1. The molecule has 3 fully saturated rings. The Bertz CT molecular complexity index is 751. The second-order valence-corrected chi connectivity index (χ2v) is 11.4. The standard InChI is InChI=1S/C30H45FO2/c1-3-5-22-8-12-23(13-9-22)24-14-17-27(18-15-24)33-30(32)28-19-16-26(20-29(28)31)25-10-6-21(4-2)7-11-25/h16,19-25,27H,3-15,17-18H2,1-2H3/t21-,22-,23-,24-,25-,27-. The van der Waals surface area contributed by atoms with E-state index >= 15 is 0 Å². The van der Waals surface area contributed by atoms with Crippen LogP contribution in [0.15, 0.2) is 18.2 Å². The van der Waals surface area contributed by atoms with Crippen molar-refractivity contribution in [2.45, 2.75) is 122 Å². The number of esters is 1. The van der Waals surface area contributed by atoms with Crippen LogP contribution < -0.4 is 0 Å². The monoisotopic (exact) mass is 456 g/mol. The molecule has 0 unspecified atom stereocenters. The van der Waals surface area contributed by atoms with E-state index in [2.05, 4.69) is 13.8 Å². The third-order valence-corrected chi connectivity index (χ3v) is 9.36. The van der Waals surface area contributed by atoms with Gasteiger partial charge >= 0.3 is 5.97 Å². The number of halogens is 1. The summed E-state index contributed by atoms with van der Waals surface area (Å²) in [7, 11) is 0. The largest absolute Gasteiger partial charge is 0.459 e. The van der Waals surface area contributed by atoms with Crippen LogP contribution in [0.4, 0.5) is 4.39 Å². The summed E-state index contributed by atoms with van der Waals surface area (Å²) in [4.78, 5) is 12.7. The molecule has 3 heteroatoms. The average Bonchev–Trinajstić information content (AvgIpc) is 2.85. The molecule has 0 bridgehead atoms. The first-order chi connectivity index (χ1) is 16.1. The van der Waals surface area contributed by atoms with Crippen molar-refractivity contribution >= 4 is 5.97 Å². The maximum absolute atomic E-state index is 14.8. The lowest BCUT2D eigenvalue weighted by atomic mass is 9.70. The molecule has 33 heavy (non-hydrogen) atoms. The molecule has 0 saturated heterocycles. The summed E-state index contributed by atoms with van der Waals surface area (Å²) in [5, 5.41) is 0. The first kappa shape index (κ1) is 24.7. The summed E-state index contributed by atoms with van der Waals surface area (Å²) in [5.41, 5.74) is 1.16. The minimum Gasteiger partial charge on any atom is -0.459 e. The Morgan fingerprint density at radius 1 is 0.848 bits per heavy atom. The number of ether oxygens (including phenoxy) is 1. The Hall–Kier alpha value is -1.38. The maximum atomic E-state index is 14.8. The molecule has 0 spiro atoms. The van der Waals surface area contributed by atoms with Crippen LogP contribution in [0.2, 0.25) is 0 Å². The van der Waals surface area contributed by atoms with Gasteiger partial charge in [-0.2, -0.15) is 0 Å². The van der Waals surface area contributed by atoms with E-state index in [4.69, 9.17) is 4.74 Å². The minimum atomic E-state index is -0.475. The van der Waals surface area contributed by atoms with Crippen molar-refractivity contribution in [3.63, 3.8) is 0 Å². The fourth-order valence-corrected chi connectivity index (χ4v) is 7.10. The van der Waals surface area contributed by atoms with Crippen molar-refractivity contribution in [1.29, 1.82) is 0 Å². The number of carbonyl (C=O) groups excluding carboxylic acids is 1. The SMILES string of the molecule is CCC[C@H]1CC[C@H]([C@H]2CC[C@H](OC(=O)c3ccc([C@H]4CC[C@H](CC)CC4)cc3F)CC2)CC1. The number of rotatable bonds is 7. The Kier molecular flexibility index (Phi) is 8.88. The highest BCUT2D eigenvalue weighted by atomic mass is 19.1. The summed E-state index contributed by atoms with van der Waals surface area (Å²) >= 11 is 0. The molecule has 0 N–H and O–H groups in total. The second-order valence-electron chi connectivity index (χ2n) is 11.4. The van der Waals surface area contributed by atoms with Crippen molar-refractivity contribution in [2.75, 3.05) is 0 Å². The van der Waals surface area contributed by atoms with Crippen LogP contribution in [-0.2, 0) is 4.74 Å². The molecule has 0 amide bonds. The maximum Gasteiger partial charge on any atom is 0.341 e. The first-order valence-electron chi connectivity index (χ1n) is 14.1. The summed E-state index contributed by atoms with van der Waals surface area (Å²) in [5.74, 6) is 2.99. The van der Waals surface area contributed by atoms with Crippen LogP contribution in [0.5, 0.6) is 0 Å². The first-order valence-corrected chi connectivity index (χ1v) is 14.1. The van der Waals surface area contributed by atoms with Gasteiger partial charge in [-0.05, 0) is 111 Å². The highest BCUT2D eigenvalue weighted by Gasteiger charge is 2.32. The molecule has 4 rings (SSSR count). The molecule has 1 aromatic carbocycles. The molecule has 0 aromatic heterocycles. The van der Waals surface area contributed by atoms with Gasteiger partial charge in [0.1, 0.15) is 11.9 Å². The molecule has 3 saturated carbocycles. The van der Waals surface area contributed by atoms with Gasteiger partial charge in [-0.15, -0.1) is 0 Å². The zero-order valence-corrected chi connectivity index (χ0v) is 21.0. The van der Waals surface area contributed by atoms with Crippen LogP contribution in [0.1, 0.15) is 132 Å². The van der Waals surface area contributed by atoms with Crippen molar-refractivity contribution in [3.8, 4) is 0 Å². The van der Waals surface area contributed by atoms with Crippen LogP contribution in [-0.4, -0.2) is 12.1 Å². The van der Waals surface area contributed by atoms with Gasteiger partial charge in [0.2, 0.25) is 0 Å². The van der Waals surface area contributed by atoms with Crippen LogP contribution in [0, 0.1) is 29.5 Å². The van der Waals surface area contributed by atoms with Crippen LogP contribution in [0.25, 0.3) is 0 Å². The molecule has 0 atom stereocenters. The summed E-state index contributed by atoms with van der Waals surface area (Å²) in [6.45, 7) is 4.56. The third kappa shape index (κ3) is 6.40. The highest BCUT2D eigenvalue weighted by Crippen LogP contribution is 2.42. The number of hydrogen-bond donors (Lipinski definition) is 0. The topological polar surface area (TPSA) is 26.3 Å². The zero-order valence-electron chi connectivity index (χ0n) is 21.0. The predicted octanol–water partition coefficient (Wildman–Crippen LogP) is 8.83. The lowest BCUT2D eigenvalue weighted by molar-refractivity contribution is 0.0105. The van der Waals surface area contributed by atoms with Crippen LogP contribution in [0.3, 0.4) is 0 Å². The summed E-state index contributed by atoms with van der Waals surface area (Å²) in [6, 6.07) is 5.22. The Balaban J connectivity index is 1.24. The van der Waals surface area contributed by atoms with E-state index < -0.39 is 11.8 Å². The molecule has 3 aliphatic rings.